The Morgan fingerprint density at radius 3 is 2.93 bits per heavy atom. The van der Waals surface area contributed by atoms with Gasteiger partial charge in [-0.3, -0.25) is 9.48 Å². The second-order valence-corrected chi connectivity index (χ2v) is 8.84. The van der Waals surface area contributed by atoms with Crippen molar-refractivity contribution in [2.45, 2.75) is 44.9 Å². The van der Waals surface area contributed by atoms with E-state index in [0.717, 1.165) is 43.4 Å². The Bertz CT molecular complexity index is 957. The molecule has 0 spiro atoms. The summed E-state index contributed by atoms with van der Waals surface area (Å²) in [5.41, 5.74) is 4.46. The third-order valence-corrected chi connectivity index (χ3v) is 7.53. The maximum Gasteiger partial charge on any atom is 0.165 e. The molecule has 0 aliphatic heterocycles. The summed E-state index contributed by atoms with van der Waals surface area (Å²) in [7, 11) is 1.92. The molecule has 1 N–H and O–H groups in total. The number of aryl methyl sites for hydroxylation is 2. The van der Waals surface area contributed by atoms with Gasteiger partial charge >= 0.3 is 0 Å². The highest BCUT2D eigenvalue weighted by Gasteiger charge is 2.56. The Kier molecular flexibility index (Phi) is 3.62. The lowest BCUT2D eigenvalue weighted by Gasteiger charge is -2.48. The predicted molar refractivity (Wildman–Crippen MR) is 104 cm³/mol. The zero-order valence-electron chi connectivity index (χ0n) is 16.0. The largest absolute Gasteiger partial charge is 0.508 e. The number of aromatic nitrogens is 2. The second kappa shape index (κ2) is 5.82. The second-order valence-electron chi connectivity index (χ2n) is 8.84. The molecule has 3 aliphatic rings. The SMILES string of the molecule is Cn1nccc1/C=C1\C[C@H]2[C@H]3CCc4cc(O)ccc4[C@@H]3CC[C@]2(C)C1=O. The third kappa shape index (κ3) is 2.42. The molecule has 0 unspecified atom stereocenters. The van der Waals surface area contributed by atoms with E-state index in [9.17, 15) is 9.90 Å². The average molecular weight is 362 g/mol. The summed E-state index contributed by atoms with van der Waals surface area (Å²) in [5, 5.41) is 14.1. The zero-order chi connectivity index (χ0) is 18.8. The van der Waals surface area contributed by atoms with E-state index in [2.05, 4.69) is 24.2 Å². The lowest BCUT2D eigenvalue weighted by molar-refractivity contribution is -0.127. The van der Waals surface area contributed by atoms with Crippen molar-refractivity contribution >= 4 is 11.9 Å². The molecule has 3 aliphatic carbocycles. The molecule has 0 amide bonds. The van der Waals surface area contributed by atoms with Gasteiger partial charge in [0.1, 0.15) is 5.75 Å². The maximum absolute atomic E-state index is 13.3. The van der Waals surface area contributed by atoms with E-state index in [4.69, 9.17) is 0 Å². The van der Waals surface area contributed by atoms with Gasteiger partial charge in [0.2, 0.25) is 0 Å². The number of phenolic OH excluding ortho intramolecular Hbond substituents is 1. The smallest absolute Gasteiger partial charge is 0.165 e. The summed E-state index contributed by atoms with van der Waals surface area (Å²) in [6.45, 7) is 2.20. The van der Waals surface area contributed by atoms with Gasteiger partial charge in [-0.1, -0.05) is 13.0 Å². The molecule has 5 rings (SSSR count). The van der Waals surface area contributed by atoms with Crippen molar-refractivity contribution in [1.82, 2.24) is 9.78 Å². The Labute approximate surface area is 159 Å². The Balaban J connectivity index is 1.51. The first kappa shape index (κ1) is 16.8. The summed E-state index contributed by atoms with van der Waals surface area (Å²) < 4.78 is 1.83. The van der Waals surface area contributed by atoms with Crippen molar-refractivity contribution in [3.63, 3.8) is 0 Å². The molecule has 1 heterocycles. The average Bonchev–Trinajstić information content (AvgIpc) is 3.17. The highest BCUT2D eigenvalue weighted by Crippen LogP contribution is 2.60. The summed E-state index contributed by atoms with van der Waals surface area (Å²) in [6.07, 6.45) is 8.88. The number of hydrogen-bond donors (Lipinski definition) is 1. The minimum Gasteiger partial charge on any atom is -0.508 e. The van der Waals surface area contributed by atoms with Crippen LogP contribution in [0.4, 0.5) is 0 Å². The first-order valence-electron chi connectivity index (χ1n) is 10.0. The number of rotatable bonds is 1. The number of nitrogens with zero attached hydrogens (tertiary/aromatic N) is 2. The predicted octanol–water partition coefficient (Wildman–Crippen LogP) is 4.24. The van der Waals surface area contributed by atoms with E-state index < -0.39 is 0 Å². The topological polar surface area (TPSA) is 55.1 Å². The van der Waals surface area contributed by atoms with Crippen LogP contribution in [-0.4, -0.2) is 20.7 Å². The Morgan fingerprint density at radius 2 is 2.15 bits per heavy atom. The van der Waals surface area contributed by atoms with E-state index in [1.807, 2.05) is 29.9 Å². The summed E-state index contributed by atoms with van der Waals surface area (Å²) in [5.74, 6) is 2.22. The molecule has 2 fully saturated rings. The van der Waals surface area contributed by atoms with Gasteiger partial charge in [-0.2, -0.15) is 5.10 Å². The molecule has 0 radical (unpaired) electrons. The van der Waals surface area contributed by atoms with Gasteiger partial charge in [0, 0.05) is 18.7 Å². The first-order valence-corrected chi connectivity index (χ1v) is 10.0. The number of Topliss-reactive ketones (excluding diaryl/α,β-unsaturated/α-hetero) is 1. The van der Waals surface area contributed by atoms with Crippen LogP contribution in [0.2, 0.25) is 0 Å². The van der Waals surface area contributed by atoms with Crippen LogP contribution in [-0.2, 0) is 18.3 Å². The van der Waals surface area contributed by atoms with Crippen molar-refractivity contribution in [2.24, 2.45) is 24.3 Å². The van der Waals surface area contributed by atoms with Crippen LogP contribution in [0.3, 0.4) is 0 Å². The highest BCUT2D eigenvalue weighted by molar-refractivity contribution is 6.05. The standard InChI is InChI=1S/C23H26N2O2/c1-23-9-7-19-18-6-4-17(26)12-14(18)3-5-20(19)21(23)13-15(22(23)27)11-16-8-10-24-25(16)2/h4,6,8,10-12,19-21,26H,3,5,7,9,13H2,1-2H3/b15-11+/t19-,20-,21-,23-/m0/s1. The zero-order valence-corrected chi connectivity index (χ0v) is 16.0. The molecule has 140 valence electrons. The summed E-state index contributed by atoms with van der Waals surface area (Å²) in [4.78, 5) is 13.3. The van der Waals surface area contributed by atoms with Crippen LogP contribution >= 0.6 is 0 Å². The summed E-state index contributed by atoms with van der Waals surface area (Å²) >= 11 is 0. The van der Waals surface area contributed by atoms with Crippen LogP contribution in [0, 0.1) is 17.3 Å². The quantitative estimate of drug-likeness (QED) is 0.772. The molecular weight excluding hydrogens is 336 g/mol. The molecule has 2 saturated carbocycles. The van der Waals surface area contributed by atoms with Gasteiger partial charge in [0.25, 0.3) is 0 Å². The van der Waals surface area contributed by atoms with E-state index in [1.54, 1.807) is 6.20 Å². The molecule has 4 atom stereocenters. The van der Waals surface area contributed by atoms with Crippen molar-refractivity contribution in [3.05, 3.63) is 52.9 Å². The Morgan fingerprint density at radius 1 is 1.30 bits per heavy atom. The molecule has 1 aromatic heterocycles. The van der Waals surface area contributed by atoms with Gasteiger partial charge in [-0.25, -0.2) is 0 Å². The van der Waals surface area contributed by atoms with Crippen LogP contribution in [0.1, 0.15) is 55.3 Å². The minimum atomic E-state index is -0.222. The van der Waals surface area contributed by atoms with Crippen molar-refractivity contribution < 1.29 is 9.90 Å². The lowest BCUT2D eigenvalue weighted by Crippen LogP contribution is -2.42. The van der Waals surface area contributed by atoms with E-state index in [1.165, 1.54) is 11.1 Å². The molecule has 0 saturated heterocycles. The number of hydrogen-bond acceptors (Lipinski definition) is 3. The van der Waals surface area contributed by atoms with Gasteiger partial charge in [0.05, 0.1) is 5.69 Å². The molecule has 27 heavy (non-hydrogen) atoms. The molecular formula is C23H26N2O2. The van der Waals surface area contributed by atoms with Crippen molar-refractivity contribution in [2.75, 3.05) is 0 Å². The molecule has 4 heteroatoms. The number of carbonyl (C=O) groups is 1. The van der Waals surface area contributed by atoms with Crippen LogP contribution in [0.15, 0.2) is 36.0 Å². The van der Waals surface area contributed by atoms with Crippen LogP contribution in [0.5, 0.6) is 5.75 Å². The first-order chi connectivity index (χ1) is 13.0. The fourth-order valence-electron chi connectivity index (χ4n) is 6.07. The number of aromatic hydroxyl groups is 1. The number of phenols is 1. The molecule has 2 aromatic rings. The van der Waals surface area contributed by atoms with E-state index in [0.29, 0.717) is 29.3 Å². The molecule has 0 bridgehead atoms. The van der Waals surface area contributed by atoms with Crippen LogP contribution < -0.4 is 0 Å². The van der Waals surface area contributed by atoms with Crippen LogP contribution in [0.25, 0.3) is 6.08 Å². The lowest BCUT2D eigenvalue weighted by atomic mass is 9.55. The molecule has 1 aromatic carbocycles. The fourth-order valence-corrected chi connectivity index (χ4v) is 6.07. The monoisotopic (exact) mass is 362 g/mol. The van der Waals surface area contributed by atoms with Crippen molar-refractivity contribution in [3.8, 4) is 5.75 Å². The summed E-state index contributed by atoms with van der Waals surface area (Å²) in [6, 6.07) is 7.85. The number of ketones is 1. The molecule has 4 nitrogen and oxygen atoms in total. The fraction of sp³-hybridized carbons (Fsp3) is 0.478. The van der Waals surface area contributed by atoms with Gasteiger partial charge < -0.3 is 5.11 Å². The number of carbonyl (C=O) groups excluding carboxylic acids is 1. The Hall–Kier alpha value is -2.36. The normalized spacial score (nSPS) is 33.6. The maximum atomic E-state index is 13.3. The van der Waals surface area contributed by atoms with Gasteiger partial charge in [-0.05, 0) is 90.8 Å². The minimum absolute atomic E-state index is 0.222. The number of fused-ring (bicyclic) bond motifs is 5. The highest BCUT2D eigenvalue weighted by atomic mass is 16.3. The third-order valence-electron chi connectivity index (χ3n) is 7.53. The van der Waals surface area contributed by atoms with Crippen molar-refractivity contribution in [1.29, 1.82) is 0 Å². The number of allylic oxidation sites excluding steroid dienone is 1. The van der Waals surface area contributed by atoms with Gasteiger partial charge in [-0.15, -0.1) is 0 Å². The van der Waals surface area contributed by atoms with Gasteiger partial charge in [0.15, 0.2) is 5.78 Å². The van der Waals surface area contributed by atoms with E-state index in [-0.39, 0.29) is 5.41 Å². The number of benzene rings is 1. The van der Waals surface area contributed by atoms with E-state index >= 15 is 0 Å².